The van der Waals surface area contributed by atoms with Gasteiger partial charge in [0.1, 0.15) is 0 Å². The zero-order chi connectivity index (χ0) is 15.0. The van der Waals surface area contributed by atoms with Gasteiger partial charge in [0.15, 0.2) is 0 Å². The van der Waals surface area contributed by atoms with Gasteiger partial charge in [0, 0.05) is 25.4 Å². The average molecular weight is 300 g/mol. The monoisotopic (exact) mass is 300 g/mol. The van der Waals surface area contributed by atoms with E-state index in [1.165, 1.54) is 17.5 Å². The number of fused-ring (bicyclic) bond motifs is 1. The minimum Gasteiger partial charge on any atom is -0.377 e. The van der Waals surface area contributed by atoms with Gasteiger partial charge in [-0.15, -0.1) is 0 Å². The molecule has 1 amide bonds. The van der Waals surface area contributed by atoms with E-state index in [1.54, 1.807) is 0 Å². The predicted octanol–water partition coefficient (Wildman–Crippen LogP) is 2.97. The Hall–Kier alpha value is -1.39. The summed E-state index contributed by atoms with van der Waals surface area (Å²) < 4.78 is 5.95. The minimum absolute atomic E-state index is 0.117. The number of hydrogen-bond acceptors (Lipinski definition) is 3. The fourth-order valence-corrected chi connectivity index (χ4v) is 4.06. The first-order valence-electron chi connectivity index (χ1n) is 8.53. The van der Waals surface area contributed by atoms with Crippen molar-refractivity contribution in [3.8, 4) is 0 Å². The van der Waals surface area contributed by atoms with Gasteiger partial charge in [-0.3, -0.25) is 4.79 Å². The minimum atomic E-state index is -0.280. The SMILES string of the molecule is O=C(Nc1ccc2c(c1)CNC2)C1(C2CCCCO2)CCC1. The van der Waals surface area contributed by atoms with E-state index in [1.807, 2.05) is 6.07 Å². The van der Waals surface area contributed by atoms with E-state index in [-0.39, 0.29) is 17.4 Å². The smallest absolute Gasteiger partial charge is 0.233 e. The average Bonchev–Trinajstić information content (AvgIpc) is 2.95. The molecule has 4 rings (SSSR count). The van der Waals surface area contributed by atoms with Gasteiger partial charge in [-0.05, 0) is 55.4 Å². The summed E-state index contributed by atoms with van der Waals surface area (Å²) in [5.74, 6) is 0.163. The Bertz CT molecular complexity index is 574. The molecule has 2 N–H and O–H groups in total. The maximum absolute atomic E-state index is 12.9. The molecule has 22 heavy (non-hydrogen) atoms. The topological polar surface area (TPSA) is 50.4 Å². The van der Waals surface area contributed by atoms with Crippen molar-refractivity contribution in [3.05, 3.63) is 29.3 Å². The van der Waals surface area contributed by atoms with Crippen LogP contribution in [0.15, 0.2) is 18.2 Å². The summed E-state index contributed by atoms with van der Waals surface area (Å²) in [5, 5.41) is 6.50. The number of carbonyl (C=O) groups is 1. The fraction of sp³-hybridized carbons (Fsp3) is 0.611. The molecule has 1 saturated carbocycles. The highest BCUT2D eigenvalue weighted by Gasteiger charge is 2.51. The first kappa shape index (κ1) is 14.2. The molecule has 2 fully saturated rings. The third kappa shape index (κ3) is 2.34. The summed E-state index contributed by atoms with van der Waals surface area (Å²) in [7, 11) is 0. The van der Waals surface area contributed by atoms with Gasteiger partial charge in [0.25, 0.3) is 0 Å². The lowest BCUT2D eigenvalue weighted by molar-refractivity contribution is -0.151. The van der Waals surface area contributed by atoms with Gasteiger partial charge in [-0.2, -0.15) is 0 Å². The van der Waals surface area contributed by atoms with Crippen molar-refractivity contribution in [1.29, 1.82) is 0 Å². The highest BCUT2D eigenvalue weighted by atomic mass is 16.5. The molecule has 1 aromatic carbocycles. The molecule has 0 bridgehead atoms. The molecule has 1 unspecified atom stereocenters. The maximum atomic E-state index is 12.9. The molecule has 4 heteroatoms. The van der Waals surface area contributed by atoms with Gasteiger partial charge >= 0.3 is 0 Å². The molecule has 2 aliphatic heterocycles. The molecule has 1 aliphatic carbocycles. The Labute approximate surface area is 131 Å². The van der Waals surface area contributed by atoms with Gasteiger partial charge in [0.05, 0.1) is 11.5 Å². The van der Waals surface area contributed by atoms with Crippen LogP contribution in [0.25, 0.3) is 0 Å². The summed E-state index contributed by atoms with van der Waals surface area (Å²) in [6, 6.07) is 6.26. The Morgan fingerprint density at radius 1 is 1.18 bits per heavy atom. The van der Waals surface area contributed by atoms with E-state index in [4.69, 9.17) is 4.74 Å². The summed E-state index contributed by atoms with van der Waals surface area (Å²) in [6.45, 7) is 2.64. The van der Waals surface area contributed by atoms with Crippen LogP contribution in [0, 0.1) is 5.41 Å². The number of rotatable bonds is 3. The zero-order valence-corrected chi connectivity index (χ0v) is 13.0. The molecule has 2 heterocycles. The Kier molecular flexibility index (Phi) is 3.66. The normalized spacial score (nSPS) is 26.1. The summed E-state index contributed by atoms with van der Waals surface area (Å²) in [6.07, 6.45) is 6.54. The van der Waals surface area contributed by atoms with Crippen LogP contribution in [0.1, 0.15) is 49.7 Å². The van der Waals surface area contributed by atoms with Crippen molar-refractivity contribution < 1.29 is 9.53 Å². The third-order valence-corrected chi connectivity index (χ3v) is 5.59. The lowest BCUT2D eigenvalue weighted by Crippen LogP contribution is -2.52. The van der Waals surface area contributed by atoms with Crippen molar-refractivity contribution in [2.45, 2.75) is 57.7 Å². The van der Waals surface area contributed by atoms with Crippen LogP contribution in [0.4, 0.5) is 5.69 Å². The molecular weight excluding hydrogens is 276 g/mol. The number of ether oxygens (including phenoxy) is 1. The van der Waals surface area contributed by atoms with E-state index in [0.29, 0.717) is 0 Å². The first-order chi connectivity index (χ1) is 10.8. The molecule has 0 aromatic heterocycles. The van der Waals surface area contributed by atoms with Gasteiger partial charge in [0.2, 0.25) is 5.91 Å². The lowest BCUT2D eigenvalue weighted by atomic mass is 9.63. The van der Waals surface area contributed by atoms with Crippen molar-refractivity contribution in [1.82, 2.24) is 5.32 Å². The first-order valence-corrected chi connectivity index (χ1v) is 8.53. The van der Waals surface area contributed by atoms with E-state index in [9.17, 15) is 4.79 Å². The third-order valence-electron chi connectivity index (χ3n) is 5.59. The van der Waals surface area contributed by atoms with E-state index < -0.39 is 0 Å². The second-order valence-electron chi connectivity index (χ2n) is 6.91. The quantitative estimate of drug-likeness (QED) is 0.902. The number of amides is 1. The zero-order valence-electron chi connectivity index (χ0n) is 13.0. The Balaban J connectivity index is 1.50. The van der Waals surface area contributed by atoms with Crippen molar-refractivity contribution in [2.75, 3.05) is 11.9 Å². The second-order valence-corrected chi connectivity index (χ2v) is 6.91. The molecule has 118 valence electrons. The number of carbonyl (C=O) groups excluding carboxylic acids is 1. The summed E-state index contributed by atoms with van der Waals surface area (Å²) in [4.78, 5) is 12.9. The molecule has 1 saturated heterocycles. The van der Waals surface area contributed by atoms with E-state index in [0.717, 1.165) is 57.5 Å². The number of nitrogens with one attached hydrogen (secondary N) is 2. The Morgan fingerprint density at radius 2 is 2.05 bits per heavy atom. The summed E-state index contributed by atoms with van der Waals surface area (Å²) >= 11 is 0. The Morgan fingerprint density at radius 3 is 2.77 bits per heavy atom. The molecule has 1 atom stereocenters. The molecule has 3 aliphatic rings. The molecule has 1 aromatic rings. The molecule has 0 radical (unpaired) electrons. The van der Waals surface area contributed by atoms with Crippen molar-refractivity contribution in [3.63, 3.8) is 0 Å². The van der Waals surface area contributed by atoms with Crippen LogP contribution in [0.3, 0.4) is 0 Å². The van der Waals surface area contributed by atoms with Gasteiger partial charge in [-0.25, -0.2) is 0 Å². The fourth-order valence-electron chi connectivity index (χ4n) is 4.06. The van der Waals surface area contributed by atoms with Crippen LogP contribution in [0.5, 0.6) is 0 Å². The van der Waals surface area contributed by atoms with Crippen LogP contribution in [-0.4, -0.2) is 18.6 Å². The largest absolute Gasteiger partial charge is 0.377 e. The number of benzene rings is 1. The molecular formula is C18H24N2O2. The van der Waals surface area contributed by atoms with E-state index in [2.05, 4.69) is 22.8 Å². The van der Waals surface area contributed by atoms with E-state index >= 15 is 0 Å². The van der Waals surface area contributed by atoms with Gasteiger partial charge < -0.3 is 15.4 Å². The van der Waals surface area contributed by atoms with Crippen molar-refractivity contribution >= 4 is 11.6 Å². The second kappa shape index (κ2) is 5.67. The molecule has 4 nitrogen and oxygen atoms in total. The number of hydrogen-bond donors (Lipinski definition) is 2. The molecule has 0 spiro atoms. The van der Waals surface area contributed by atoms with Crippen LogP contribution >= 0.6 is 0 Å². The lowest BCUT2D eigenvalue weighted by Gasteiger charge is -2.47. The van der Waals surface area contributed by atoms with Crippen LogP contribution < -0.4 is 10.6 Å². The predicted molar refractivity (Wildman–Crippen MR) is 85.5 cm³/mol. The highest BCUT2D eigenvalue weighted by molar-refractivity contribution is 5.96. The van der Waals surface area contributed by atoms with Crippen LogP contribution in [0.2, 0.25) is 0 Å². The standard InChI is InChI=1S/C18H24N2O2/c21-17(18(7-3-8-18)16-4-1-2-9-22-16)20-15-6-5-13-11-19-12-14(13)10-15/h5-6,10,16,19H,1-4,7-9,11-12H2,(H,20,21). The van der Waals surface area contributed by atoms with Crippen LogP contribution in [-0.2, 0) is 22.6 Å². The highest BCUT2D eigenvalue weighted by Crippen LogP contribution is 2.48. The summed E-state index contributed by atoms with van der Waals surface area (Å²) in [5.41, 5.74) is 3.29. The maximum Gasteiger partial charge on any atom is 0.233 e. The number of anilines is 1. The van der Waals surface area contributed by atoms with Crippen molar-refractivity contribution in [2.24, 2.45) is 5.41 Å². The van der Waals surface area contributed by atoms with Gasteiger partial charge in [-0.1, -0.05) is 12.5 Å².